The summed E-state index contributed by atoms with van der Waals surface area (Å²) in [6.45, 7) is 4.28. The molecule has 3 rings (SSSR count). The Hall–Kier alpha value is -0.800. The molecule has 0 saturated heterocycles. The molecule has 0 unspecified atom stereocenters. The van der Waals surface area contributed by atoms with Crippen molar-refractivity contribution in [2.45, 2.75) is 70.6 Å². The average Bonchev–Trinajstić information content (AvgIpc) is 3.17. The van der Waals surface area contributed by atoms with E-state index in [-0.39, 0.29) is 0 Å². The van der Waals surface area contributed by atoms with Gasteiger partial charge in [0.05, 0.1) is 12.8 Å². The Bertz CT molecular complexity index is 416. The second kappa shape index (κ2) is 6.31. The number of nitrogens with zero attached hydrogens (tertiary/aromatic N) is 1. The summed E-state index contributed by atoms with van der Waals surface area (Å²) in [4.78, 5) is 2.48. The molecule has 1 aromatic heterocycles. The molecule has 0 amide bonds. The van der Waals surface area contributed by atoms with Crippen molar-refractivity contribution in [2.24, 2.45) is 5.92 Å². The fourth-order valence-corrected chi connectivity index (χ4v) is 3.21. The first-order chi connectivity index (χ1) is 9.70. The highest BCUT2D eigenvalue weighted by molar-refractivity contribution is 5.13. The van der Waals surface area contributed by atoms with Crippen LogP contribution in [0.2, 0.25) is 0 Å². The maximum Gasteiger partial charge on any atom is 0.118 e. The third-order valence-corrected chi connectivity index (χ3v) is 4.89. The molecule has 2 fully saturated rings. The predicted octanol–water partition coefficient (Wildman–Crippen LogP) is 3.54. The highest BCUT2D eigenvalue weighted by Gasteiger charge is 2.23. The second-order valence-corrected chi connectivity index (χ2v) is 6.91. The van der Waals surface area contributed by atoms with Gasteiger partial charge in [-0.15, -0.1) is 0 Å². The zero-order valence-corrected chi connectivity index (χ0v) is 12.9. The standard InChI is InChI=1S/C17H28N2O/c1-13-3-7-16(8-4-13)19(2)11-17-9-14(12-20-17)10-18-15-5-6-15/h9,12-13,15-16,18H,3-8,10-11H2,1-2H3. The lowest BCUT2D eigenvalue weighted by Crippen LogP contribution is -2.34. The van der Waals surface area contributed by atoms with Gasteiger partial charge in [-0.2, -0.15) is 0 Å². The largest absolute Gasteiger partial charge is 0.468 e. The molecule has 1 N–H and O–H groups in total. The lowest BCUT2D eigenvalue weighted by molar-refractivity contribution is 0.154. The van der Waals surface area contributed by atoms with Crippen molar-refractivity contribution in [2.75, 3.05) is 7.05 Å². The molecule has 1 heterocycles. The highest BCUT2D eigenvalue weighted by atomic mass is 16.3. The zero-order valence-electron chi connectivity index (χ0n) is 12.9. The molecule has 0 aliphatic heterocycles. The molecule has 3 nitrogen and oxygen atoms in total. The average molecular weight is 276 g/mol. The summed E-state index contributed by atoms with van der Waals surface area (Å²) in [6, 6.07) is 3.72. The van der Waals surface area contributed by atoms with Gasteiger partial charge in [-0.3, -0.25) is 4.90 Å². The number of hydrogen-bond acceptors (Lipinski definition) is 3. The van der Waals surface area contributed by atoms with Gasteiger partial charge >= 0.3 is 0 Å². The van der Waals surface area contributed by atoms with Crippen LogP contribution in [0.15, 0.2) is 16.7 Å². The topological polar surface area (TPSA) is 28.4 Å². The fourth-order valence-electron chi connectivity index (χ4n) is 3.21. The van der Waals surface area contributed by atoms with Crippen LogP contribution in [0.5, 0.6) is 0 Å². The van der Waals surface area contributed by atoms with E-state index in [1.54, 1.807) is 0 Å². The number of hydrogen-bond donors (Lipinski definition) is 1. The van der Waals surface area contributed by atoms with E-state index in [0.29, 0.717) is 0 Å². The van der Waals surface area contributed by atoms with Crippen LogP contribution < -0.4 is 5.32 Å². The molecular formula is C17H28N2O. The summed E-state index contributed by atoms with van der Waals surface area (Å²) in [6.07, 6.45) is 10.0. The first kappa shape index (κ1) is 14.2. The van der Waals surface area contributed by atoms with Gasteiger partial charge in [-0.1, -0.05) is 6.92 Å². The summed E-state index contributed by atoms with van der Waals surface area (Å²) < 4.78 is 5.72. The van der Waals surface area contributed by atoms with Crippen molar-refractivity contribution < 1.29 is 4.42 Å². The Balaban J connectivity index is 1.46. The molecule has 0 spiro atoms. The second-order valence-electron chi connectivity index (χ2n) is 6.91. The van der Waals surface area contributed by atoms with E-state index >= 15 is 0 Å². The molecule has 2 aliphatic rings. The van der Waals surface area contributed by atoms with Crippen molar-refractivity contribution in [1.29, 1.82) is 0 Å². The third-order valence-electron chi connectivity index (χ3n) is 4.89. The SMILES string of the molecule is CC1CCC(N(C)Cc2cc(CNC3CC3)co2)CC1. The van der Waals surface area contributed by atoms with Crippen molar-refractivity contribution >= 4 is 0 Å². The fraction of sp³-hybridized carbons (Fsp3) is 0.765. The molecule has 0 aromatic carbocycles. The third kappa shape index (κ3) is 3.86. The summed E-state index contributed by atoms with van der Waals surface area (Å²) in [7, 11) is 2.24. The Morgan fingerprint density at radius 2 is 1.95 bits per heavy atom. The van der Waals surface area contributed by atoms with E-state index in [2.05, 4.69) is 30.3 Å². The Morgan fingerprint density at radius 3 is 2.65 bits per heavy atom. The molecule has 20 heavy (non-hydrogen) atoms. The number of nitrogens with one attached hydrogen (secondary N) is 1. The first-order valence-corrected chi connectivity index (χ1v) is 8.20. The van der Waals surface area contributed by atoms with Crippen molar-refractivity contribution in [3.05, 3.63) is 23.7 Å². The molecule has 2 saturated carbocycles. The summed E-state index contributed by atoms with van der Waals surface area (Å²) >= 11 is 0. The zero-order chi connectivity index (χ0) is 13.9. The van der Waals surface area contributed by atoms with Crippen LogP contribution in [-0.4, -0.2) is 24.0 Å². The normalized spacial score (nSPS) is 27.1. The van der Waals surface area contributed by atoms with Gasteiger partial charge in [0.1, 0.15) is 5.76 Å². The first-order valence-electron chi connectivity index (χ1n) is 8.20. The minimum atomic E-state index is 0.740. The Kier molecular flexibility index (Phi) is 4.47. The molecule has 3 heteroatoms. The lowest BCUT2D eigenvalue weighted by Gasteiger charge is -2.33. The van der Waals surface area contributed by atoms with E-state index in [1.807, 2.05) is 6.26 Å². The maximum absolute atomic E-state index is 5.72. The minimum Gasteiger partial charge on any atom is -0.468 e. The van der Waals surface area contributed by atoms with Gasteiger partial charge in [0.2, 0.25) is 0 Å². The number of furan rings is 1. The summed E-state index contributed by atoms with van der Waals surface area (Å²) in [5.74, 6) is 2.03. The van der Waals surface area contributed by atoms with Gasteiger partial charge in [0, 0.05) is 24.2 Å². The van der Waals surface area contributed by atoms with E-state index < -0.39 is 0 Å². The van der Waals surface area contributed by atoms with E-state index in [4.69, 9.17) is 4.42 Å². The van der Waals surface area contributed by atoms with E-state index in [9.17, 15) is 0 Å². The Labute approximate surface area is 122 Å². The maximum atomic E-state index is 5.72. The Morgan fingerprint density at radius 1 is 1.20 bits per heavy atom. The minimum absolute atomic E-state index is 0.740. The van der Waals surface area contributed by atoms with Crippen molar-refractivity contribution in [3.8, 4) is 0 Å². The van der Waals surface area contributed by atoms with Crippen LogP contribution in [0.1, 0.15) is 56.8 Å². The van der Waals surface area contributed by atoms with Gasteiger partial charge in [-0.25, -0.2) is 0 Å². The predicted molar refractivity (Wildman–Crippen MR) is 81.5 cm³/mol. The van der Waals surface area contributed by atoms with Crippen LogP contribution in [0.3, 0.4) is 0 Å². The van der Waals surface area contributed by atoms with Gasteiger partial charge in [0.15, 0.2) is 0 Å². The highest BCUT2D eigenvalue weighted by Crippen LogP contribution is 2.27. The molecule has 0 radical (unpaired) electrons. The monoisotopic (exact) mass is 276 g/mol. The van der Waals surface area contributed by atoms with E-state index in [1.165, 1.54) is 44.1 Å². The molecule has 1 aromatic rings. The van der Waals surface area contributed by atoms with Crippen LogP contribution in [-0.2, 0) is 13.1 Å². The molecule has 0 atom stereocenters. The molecule has 2 aliphatic carbocycles. The quantitative estimate of drug-likeness (QED) is 0.861. The molecule has 112 valence electrons. The van der Waals surface area contributed by atoms with Gasteiger partial charge in [-0.05, 0) is 57.6 Å². The van der Waals surface area contributed by atoms with Gasteiger partial charge in [0.25, 0.3) is 0 Å². The van der Waals surface area contributed by atoms with Crippen molar-refractivity contribution in [3.63, 3.8) is 0 Å². The number of rotatable bonds is 6. The lowest BCUT2D eigenvalue weighted by atomic mass is 9.87. The van der Waals surface area contributed by atoms with Crippen molar-refractivity contribution in [1.82, 2.24) is 10.2 Å². The smallest absolute Gasteiger partial charge is 0.118 e. The van der Waals surface area contributed by atoms with Crippen LogP contribution >= 0.6 is 0 Å². The molecular weight excluding hydrogens is 248 g/mol. The van der Waals surface area contributed by atoms with Crippen LogP contribution in [0.4, 0.5) is 0 Å². The summed E-state index contributed by atoms with van der Waals surface area (Å²) in [5.41, 5.74) is 1.29. The van der Waals surface area contributed by atoms with E-state index in [0.717, 1.165) is 36.9 Å². The van der Waals surface area contributed by atoms with Crippen LogP contribution in [0, 0.1) is 5.92 Å². The van der Waals surface area contributed by atoms with Crippen LogP contribution in [0.25, 0.3) is 0 Å². The van der Waals surface area contributed by atoms with Gasteiger partial charge < -0.3 is 9.73 Å². The molecule has 0 bridgehead atoms. The summed E-state index contributed by atoms with van der Waals surface area (Å²) in [5, 5.41) is 3.53.